The second-order valence-corrected chi connectivity index (χ2v) is 9.84. The summed E-state index contributed by atoms with van der Waals surface area (Å²) in [4.78, 5) is 2.52. The highest BCUT2D eigenvalue weighted by molar-refractivity contribution is 5.53. The summed E-state index contributed by atoms with van der Waals surface area (Å²) in [5, 5.41) is 10.0. The van der Waals surface area contributed by atoms with Crippen molar-refractivity contribution in [2.24, 2.45) is 5.41 Å². The van der Waals surface area contributed by atoms with Gasteiger partial charge in [-0.1, -0.05) is 62.4 Å². The number of nitrogens with zero attached hydrogens (tertiary/aromatic N) is 1. The number of rotatable bonds is 3. The molecular weight excluding hydrogens is 366 g/mol. The maximum atomic E-state index is 10.0. The molecule has 2 nitrogen and oxygen atoms in total. The standard InChI is InChI=1S/C28H31NO/c1-28(2)16-17-29(19-28)23-11-8-21(9-12-23)27-25(20-6-4-3-5-7-20)14-10-22-18-24(30)13-15-26(22)27/h3-9,11-13,15,18,25,27,30H,10,14,16-17,19H2,1-2H3/t25-,27+/m1/s1. The number of hydrogen-bond acceptors (Lipinski definition) is 2. The molecule has 154 valence electrons. The van der Waals surface area contributed by atoms with Gasteiger partial charge in [0.05, 0.1) is 0 Å². The fourth-order valence-corrected chi connectivity index (χ4v) is 5.50. The first-order valence-corrected chi connectivity index (χ1v) is 11.2. The Morgan fingerprint density at radius 3 is 2.37 bits per heavy atom. The normalized spacial score (nSPS) is 22.7. The molecule has 3 aromatic rings. The predicted molar refractivity (Wildman–Crippen MR) is 125 cm³/mol. The molecule has 2 atom stereocenters. The van der Waals surface area contributed by atoms with Gasteiger partial charge in [0.1, 0.15) is 5.75 Å². The van der Waals surface area contributed by atoms with Crippen LogP contribution in [0.2, 0.25) is 0 Å². The van der Waals surface area contributed by atoms with E-state index in [0.717, 1.165) is 25.9 Å². The van der Waals surface area contributed by atoms with E-state index in [2.05, 4.69) is 79.4 Å². The van der Waals surface area contributed by atoms with Crippen LogP contribution < -0.4 is 4.90 Å². The Morgan fingerprint density at radius 1 is 0.900 bits per heavy atom. The smallest absolute Gasteiger partial charge is 0.115 e. The van der Waals surface area contributed by atoms with Crippen molar-refractivity contribution in [3.63, 3.8) is 0 Å². The molecule has 0 amide bonds. The third kappa shape index (κ3) is 3.60. The van der Waals surface area contributed by atoms with E-state index in [1.807, 2.05) is 12.1 Å². The van der Waals surface area contributed by atoms with Gasteiger partial charge in [-0.05, 0) is 77.1 Å². The summed E-state index contributed by atoms with van der Waals surface area (Å²) in [6.45, 7) is 7.00. The van der Waals surface area contributed by atoms with Gasteiger partial charge in [0.25, 0.3) is 0 Å². The maximum absolute atomic E-state index is 10.0. The van der Waals surface area contributed by atoms with Crippen LogP contribution in [0.5, 0.6) is 5.75 Å². The number of phenols is 1. The molecule has 0 saturated carbocycles. The van der Waals surface area contributed by atoms with E-state index < -0.39 is 0 Å². The average Bonchev–Trinajstić information content (AvgIpc) is 3.13. The van der Waals surface area contributed by atoms with Crippen LogP contribution in [0.15, 0.2) is 72.8 Å². The number of aryl methyl sites for hydroxylation is 1. The number of hydrogen-bond donors (Lipinski definition) is 1. The van der Waals surface area contributed by atoms with E-state index in [0.29, 0.717) is 23.0 Å². The Kier molecular flexibility index (Phi) is 4.81. The van der Waals surface area contributed by atoms with E-state index in [-0.39, 0.29) is 0 Å². The summed E-state index contributed by atoms with van der Waals surface area (Å²) < 4.78 is 0. The minimum Gasteiger partial charge on any atom is -0.508 e. The van der Waals surface area contributed by atoms with Gasteiger partial charge >= 0.3 is 0 Å². The molecule has 0 bridgehead atoms. The summed E-state index contributed by atoms with van der Waals surface area (Å²) in [5.41, 5.74) is 7.17. The fourth-order valence-electron chi connectivity index (χ4n) is 5.50. The Hall–Kier alpha value is -2.74. The zero-order valence-corrected chi connectivity index (χ0v) is 18.0. The molecule has 2 heteroatoms. The number of fused-ring (bicyclic) bond motifs is 1. The van der Waals surface area contributed by atoms with Crippen LogP contribution in [0, 0.1) is 5.41 Å². The highest BCUT2D eigenvalue weighted by Crippen LogP contribution is 2.47. The van der Waals surface area contributed by atoms with Gasteiger partial charge in [-0.15, -0.1) is 0 Å². The van der Waals surface area contributed by atoms with Crippen molar-refractivity contribution < 1.29 is 5.11 Å². The van der Waals surface area contributed by atoms with Crippen LogP contribution in [0.3, 0.4) is 0 Å². The molecule has 0 unspecified atom stereocenters. The Morgan fingerprint density at radius 2 is 1.67 bits per heavy atom. The molecule has 0 aromatic heterocycles. The molecule has 2 aliphatic rings. The van der Waals surface area contributed by atoms with Gasteiger partial charge in [0.15, 0.2) is 0 Å². The van der Waals surface area contributed by atoms with E-state index in [4.69, 9.17) is 0 Å². The second-order valence-electron chi connectivity index (χ2n) is 9.84. The van der Waals surface area contributed by atoms with Crippen molar-refractivity contribution in [2.45, 2.75) is 44.9 Å². The monoisotopic (exact) mass is 397 g/mol. The van der Waals surface area contributed by atoms with E-state index in [1.165, 1.54) is 34.4 Å². The van der Waals surface area contributed by atoms with Crippen LogP contribution in [0.1, 0.15) is 60.8 Å². The SMILES string of the molecule is CC1(C)CCN(c2ccc([C@@H]3c4ccc(O)cc4CC[C@@H]3c3ccccc3)cc2)C1. The zero-order valence-electron chi connectivity index (χ0n) is 18.0. The molecule has 1 heterocycles. The molecule has 1 aliphatic heterocycles. The van der Waals surface area contributed by atoms with Crippen molar-refractivity contribution in [1.82, 2.24) is 0 Å². The van der Waals surface area contributed by atoms with Gasteiger partial charge in [-0.25, -0.2) is 0 Å². The molecule has 3 aromatic carbocycles. The van der Waals surface area contributed by atoms with Gasteiger partial charge in [0.2, 0.25) is 0 Å². The highest BCUT2D eigenvalue weighted by atomic mass is 16.3. The maximum Gasteiger partial charge on any atom is 0.115 e. The summed E-state index contributed by atoms with van der Waals surface area (Å²) >= 11 is 0. The number of aromatic hydroxyl groups is 1. The third-order valence-electron chi connectivity index (χ3n) is 7.11. The molecule has 30 heavy (non-hydrogen) atoms. The highest BCUT2D eigenvalue weighted by Gasteiger charge is 2.33. The zero-order chi connectivity index (χ0) is 20.7. The number of phenolic OH excluding ortho intramolecular Hbond substituents is 1. The van der Waals surface area contributed by atoms with Crippen molar-refractivity contribution >= 4 is 5.69 Å². The molecule has 5 rings (SSSR count). The topological polar surface area (TPSA) is 23.5 Å². The first kappa shape index (κ1) is 19.2. The lowest BCUT2D eigenvalue weighted by molar-refractivity contribution is 0.418. The lowest BCUT2D eigenvalue weighted by Crippen LogP contribution is -2.23. The molecule has 0 radical (unpaired) electrons. The van der Waals surface area contributed by atoms with Crippen LogP contribution in [-0.2, 0) is 6.42 Å². The minimum atomic E-state index is 0.320. The summed E-state index contributed by atoms with van der Waals surface area (Å²) in [6.07, 6.45) is 3.37. The lowest BCUT2D eigenvalue weighted by atomic mass is 9.69. The van der Waals surface area contributed by atoms with Gasteiger partial charge in [-0.2, -0.15) is 0 Å². The minimum absolute atomic E-state index is 0.320. The molecule has 1 saturated heterocycles. The van der Waals surface area contributed by atoms with Crippen LogP contribution in [-0.4, -0.2) is 18.2 Å². The Labute approximate surface area is 180 Å². The second kappa shape index (κ2) is 7.50. The Balaban J connectivity index is 1.52. The van der Waals surface area contributed by atoms with Crippen molar-refractivity contribution in [1.29, 1.82) is 0 Å². The van der Waals surface area contributed by atoms with Gasteiger partial charge in [0, 0.05) is 24.7 Å². The van der Waals surface area contributed by atoms with Crippen LogP contribution in [0.25, 0.3) is 0 Å². The fraction of sp³-hybridized carbons (Fsp3) is 0.357. The molecule has 1 fully saturated rings. The van der Waals surface area contributed by atoms with Gasteiger partial charge < -0.3 is 10.0 Å². The van der Waals surface area contributed by atoms with E-state index >= 15 is 0 Å². The predicted octanol–water partition coefficient (Wildman–Crippen LogP) is 6.49. The Bertz CT molecular complexity index is 1020. The molecule has 1 N–H and O–H groups in total. The first-order valence-electron chi connectivity index (χ1n) is 11.2. The molecule has 1 aliphatic carbocycles. The van der Waals surface area contributed by atoms with Crippen molar-refractivity contribution in [2.75, 3.05) is 18.0 Å². The van der Waals surface area contributed by atoms with E-state index in [9.17, 15) is 5.11 Å². The van der Waals surface area contributed by atoms with Crippen LogP contribution in [0.4, 0.5) is 5.69 Å². The quantitative estimate of drug-likeness (QED) is 0.546. The van der Waals surface area contributed by atoms with Crippen LogP contribution >= 0.6 is 0 Å². The number of benzene rings is 3. The van der Waals surface area contributed by atoms with Crippen molar-refractivity contribution in [3.8, 4) is 5.75 Å². The van der Waals surface area contributed by atoms with Crippen molar-refractivity contribution in [3.05, 3.63) is 95.1 Å². The lowest BCUT2D eigenvalue weighted by Gasteiger charge is -2.35. The third-order valence-corrected chi connectivity index (χ3v) is 7.11. The van der Waals surface area contributed by atoms with Gasteiger partial charge in [-0.3, -0.25) is 0 Å². The first-order chi connectivity index (χ1) is 14.5. The summed E-state index contributed by atoms with van der Waals surface area (Å²) in [7, 11) is 0. The summed E-state index contributed by atoms with van der Waals surface area (Å²) in [6, 6.07) is 26.2. The molecular formula is C28H31NO. The number of anilines is 1. The average molecular weight is 398 g/mol. The molecule has 0 spiro atoms. The largest absolute Gasteiger partial charge is 0.508 e. The van der Waals surface area contributed by atoms with E-state index in [1.54, 1.807) is 0 Å². The summed E-state index contributed by atoms with van der Waals surface area (Å²) in [5.74, 6) is 1.15.